The summed E-state index contributed by atoms with van der Waals surface area (Å²) < 4.78 is 64.6. The average Bonchev–Trinajstić information content (AvgIpc) is 3.17. The molecule has 5 nitrogen and oxygen atoms in total. The standard InChI is InChI=1S/C19H19F3N2O3S/c20-19(21,22)15-10-8-14(9-11-15)13-23-18(25)17-7-4-12-24(17)28(26,27)16-5-2-1-3-6-16/h1-3,5-6,8-11,17H,4,7,12-13H2,(H,23,25)/t17-/m0/s1. The van der Waals surface area contributed by atoms with Crippen LogP contribution in [-0.4, -0.2) is 31.2 Å². The molecule has 1 atom stereocenters. The van der Waals surface area contributed by atoms with E-state index in [1.165, 1.54) is 28.6 Å². The lowest BCUT2D eigenvalue weighted by Crippen LogP contribution is -2.45. The van der Waals surface area contributed by atoms with Gasteiger partial charge < -0.3 is 5.32 Å². The molecule has 0 aliphatic carbocycles. The summed E-state index contributed by atoms with van der Waals surface area (Å²) in [6, 6.07) is 11.5. The summed E-state index contributed by atoms with van der Waals surface area (Å²) in [5, 5.41) is 2.63. The monoisotopic (exact) mass is 412 g/mol. The Hall–Kier alpha value is -2.39. The zero-order chi connectivity index (χ0) is 20.4. The molecule has 1 amide bonds. The summed E-state index contributed by atoms with van der Waals surface area (Å²) in [7, 11) is -3.79. The van der Waals surface area contributed by atoms with Gasteiger partial charge in [0.1, 0.15) is 6.04 Å². The smallest absolute Gasteiger partial charge is 0.351 e. The average molecular weight is 412 g/mol. The normalized spacial score (nSPS) is 18.2. The van der Waals surface area contributed by atoms with Crippen LogP contribution in [0, 0.1) is 0 Å². The van der Waals surface area contributed by atoms with Crippen LogP contribution in [0.5, 0.6) is 0 Å². The number of sulfonamides is 1. The molecule has 1 aliphatic rings. The van der Waals surface area contributed by atoms with E-state index in [1.54, 1.807) is 18.2 Å². The number of carbonyl (C=O) groups excluding carboxylic acids is 1. The maximum atomic E-state index is 12.8. The second-order valence-electron chi connectivity index (χ2n) is 6.50. The van der Waals surface area contributed by atoms with Crippen LogP contribution < -0.4 is 5.32 Å². The fourth-order valence-corrected chi connectivity index (χ4v) is 4.81. The van der Waals surface area contributed by atoms with Crippen molar-refractivity contribution in [3.8, 4) is 0 Å². The van der Waals surface area contributed by atoms with Gasteiger partial charge in [-0.2, -0.15) is 17.5 Å². The molecule has 1 N–H and O–H groups in total. The number of hydrogen-bond acceptors (Lipinski definition) is 3. The quantitative estimate of drug-likeness (QED) is 0.820. The van der Waals surface area contributed by atoms with Gasteiger partial charge in [-0.25, -0.2) is 8.42 Å². The molecule has 150 valence electrons. The number of carbonyl (C=O) groups is 1. The molecule has 0 saturated carbocycles. The van der Waals surface area contributed by atoms with E-state index < -0.39 is 33.7 Å². The summed E-state index contributed by atoms with van der Waals surface area (Å²) in [6.07, 6.45) is -3.47. The minimum atomic E-state index is -4.42. The van der Waals surface area contributed by atoms with Gasteiger partial charge in [0.15, 0.2) is 0 Å². The van der Waals surface area contributed by atoms with Crippen molar-refractivity contribution in [3.05, 3.63) is 65.7 Å². The van der Waals surface area contributed by atoms with E-state index in [1.807, 2.05) is 0 Å². The Morgan fingerprint density at radius 1 is 1.07 bits per heavy atom. The highest BCUT2D eigenvalue weighted by Crippen LogP contribution is 2.29. The first-order valence-corrected chi connectivity index (χ1v) is 10.1. The molecule has 1 heterocycles. The third kappa shape index (κ3) is 4.36. The minimum Gasteiger partial charge on any atom is -0.351 e. The van der Waals surface area contributed by atoms with Crippen molar-refractivity contribution in [1.82, 2.24) is 9.62 Å². The first kappa shape index (κ1) is 20.3. The number of amides is 1. The molecule has 0 spiro atoms. The molecule has 9 heteroatoms. The van der Waals surface area contributed by atoms with Gasteiger partial charge in [-0.15, -0.1) is 0 Å². The topological polar surface area (TPSA) is 66.5 Å². The van der Waals surface area contributed by atoms with E-state index in [-0.39, 0.29) is 18.0 Å². The van der Waals surface area contributed by atoms with Gasteiger partial charge in [0.2, 0.25) is 15.9 Å². The summed E-state index contributed by atoms with van der Waals surface area (Å²) in [6.45, 7) is 0.266. The molecule has 0 radical (unpaired) electrons. The summed E-state index contributed by atoms with van der Waals surface area (Å²) >= 11 is 0. The summed E-state index contributed by atoms with van der Waals surface area (Å²) in [4.78, 5) is 12.7. The summed E-state index contributed by atoms with van der Waals surface area (Å²) in [5.74, 6) is -0.461. The lowest BCUT2D eigenvalue weighted by molar-refractivity contribution is -0.137. The van der Waals surface area contributed by atoms with Crippen molar-refractivity contribution < 1.29 is 26.4 Å². The molecule has 3 rings (SSSR count). The van der Waals surface area contributed by atoms with Gasteiger partial charge >= 0.3 is 6.18 Å². The largest absolute Gasteiger partial charge is 0.416 e. The first-order valence-electron chi connectivity index (χ1n) is 8.70. The predicted molar refractivity (Wildman–Crippen MR) is 96.6 cm³/mol. The maximum absolute atomic E-state index is 12.8. The van der Waals surface area contributed by atoms with Crippen molar-refractivity contribution in [1.29, 1.82) is 0 Å². The highest BCUT2D eigenvalue weighted by molar-refractivity contribution is 7.89. The van der Waals surface area contributed by atoms with Crippen molar-refractivity contribution in [2.75, 3.05) is 6.54 Å². The van der Waals surface area contributed by atoms with Crippen LogP contribution >= 0.6 is 0 Å². The van der Waals surface area contributed by atoms with Crippen LogP contribution in [0.1, 0.15) is 24.0 Å². The van der Waals surface area contributed by atoms with Crippen LogP contribution in [0.4, 0.5) is 13.2 Å². The van der Waals surface area contributed by atoms with Crippen molar-refractivity contribution in [3.63, 3.8) is 0 Å². The highest BCUT2D eigenvalue weighted by atomic mass is 32.2. The molecule has 0 aromatic heterocycles. The van der Waals surface area contributed by atoms with Gasteiger partial charge in [0, 0.05) is 13.1 Å². The van der Waals surface area contributed by atoms with E-state index in [0.717, 1.165) is 12.1 Å². The molecule has 0 unspecified atom stereocenters. The second kappa shape index (κ2) is 7.92. The zero-order valence-corrected chi connectivity index (χ0v) is 15.6. The van der Waals surface area contributed by atoms with E-state index in [0.29, 0.717) is 18.4 Å². The Kier molecular flexibility index (Phi) is 5.76. The Balaban J connectivity index is 1.67. The number of rotatable bonds is 5. The molecular weight excluding hydrogens is 393 g/mol. The molecule has 2 aromatic rings. The number of benzene rings is 2. The number of halogens is 3. The van der Waals surface area contributed by atoms with Gasteiger partial charge in [0.05, 0.1) is 10.5 Å². The van der Waals surface area contributed by atoms with Crippen LogP contribution in [0.3, 0.4) is 0 Å². The highest BCUT2D eigenvalue weighted by Gasteiger charge is 2.39. The minimum absolute atomic E-state index is 0.0205. The third-order valence-electron chi connectivity index (χ3n) is 4.60. The fourth-order valence-electron chi connectivity index (χ4n) is 3.14. The van der Waals surface area contributed by atoms with Gasteiger partial charge in [-0.3, -0.25) is 4.79 Å². The van der Waals surface area contributed by atoms with Crippen LogP contribution in [0.25, 0.3) is 0 Å². The Morgan fingerprint density at radius 3 is 2.32 bits per heavy atom. The lowest BCUT2D eigenvalue weighted by Gasteiger charge is -2.23. The van der Waals surface area contributed by atoms with Gasteiger partial charge in [0.25, 0.3) is 0 Å². The molecule has 1 aliphatic heterocycles. The van der Waals surface area contributed by atoms with Crippen molar-refractivity contribution in [2.45, 2.75) is 36.5 Å². The van der Waals surface area contributed by atoms with Crippen LogP contribution in [0.2, 0.25) is 0 Å². The third-order valence-corrected chi connectivity index (χ3v) is 6.53. The van der Waals surface area contributed by atoms with E-state index in [9.17, 15) is 26.4 Å². The van der Waals surface area contributed by atoms with E-state index in [2.05, 4.69) is 5.32 Å². The number of nitrogens with one attached hydrogen (secondary N) is 1. The fraction of sp³-hybridized carbons (Fsp3) is 0.316. The first-order chi connectivity index (χ1) is 13.2. The number of alkyl halides is 3. The van der Waals surface area contributed by atoms with Gasteiger partial charge in [-0.05, 0) is 42.7 Å². The molecule has 28 heavy (non-hydrogen) atoms. The molecular formula is C19H19F3N2O3S. The number of nitrogens with zero attached hydrogens (tertiary/aromatic N) is 1. The van der Waals surface area contributed by atoms with Crippen LogP contribution in [-0.2, 0) is 27.5 Å². The Labute approximate surface area is 161 Å². The van der Waals surface area contributed by atoms with E-state index >= 15 is 0 Å². The van der Waals surface area contributed by atoms with Crippen molar-refractivity contribution >= 4 is 15.9 Å². The predicted octanol–water partition coefficient (Wildman–Crippen LogP) is 3.17. The molecule has 2 aromatic carbocycles. The molecule has 1 fully saturated rings. The maximum Gasteiger partial charge on any atom is 0.416 e. The Bertz CT molecular complexity index is 929. The zero-order valence-electron chi connectivity index (χ0n) is 14.8. The van der Waals surface area contributed by atoms with E-state index in [4.69, 9.17) is 0 Å². The van der Waals surface area contributed by atoms with Crippen molar-refractivity contribution in [2.24, 2.45) is 0 Å². The van der Waals surface area contributed by atoms with Gasteiger partial charge in [-0.1, -0.05) is 30.3 Å². The summed E-state index contributed by atoms with van der Waals surface area (Å²) in [5.41, 5.74) is -0.268. The Morgan fingerprint density at radius 2 is 1.71 bits per heavy atom. The number of hydrogen-bond donors (Lipinski definition) is 1. The molecule has 0 bridgehead atoms. The van der Waals surface area contributed by atoms with Crippen LogP contribution in [0.15, 0.2) is 59.5 Å². The SMILES string of the molecule is O=C(NCc1ccc(C(F)(F)F)cc1)[C@@H]1CCCN1S(=O)(=O)c1ccccc1. The molecule has 1 saturated heterocycles. The second-order valence-corrected chi connectivity index (χ2v) is 8.39. The lowest BCUT2D eigenvalue weighted by atomic mass is 10.1.